The van der Waals surface area contributed by atoms with Gasteiger partial charge < -0.3 is 20.8 Å². The maximum atomic E-state index is 11.5. The van der Waals surface area contributed by atoms with Crippen LogP contribution in [0.5, 0.6) is 0 Å². The van der Waals surface area contributed by atoms with E-state index >= 15 is 0 Å². The summed E-state index contributed by atoms with van der Waals surface area (Å²) >= 11 is 5.75. The Labute approximate surface area is 115 Å². The van der Waals surface area contributed by atoms with E-state index in [0.717, 1.165) is 5.56 Å². The van der Waals surface area contributed by atoms with Crippen molar-refractivity contribution in [3.8, 4) is 0 Å². The largest absolute Gasteiger partial charge is 0.480 e. The van der Waals surface area contributed by atoms with Gasteiger partial charge in [-0.05, 0) is 24.6 Å². The minimum absolute atomic E-state index is 0.314. The maximum Gasteiger partial charge on any atom is 0.328 e. The van der Waals surface area contributed by atoms with Crippen LogP contribution in [0.4, 0.5) is 4.79 Å². The van der Waals surface area contributed by atoms with E-state index in [1.165, 1.54) is 0 Å². The van der Waals surface area contributed by atoms with Crippen molar-refractivity contribution < 1.29 is 19.8 Å². The summed E-state index contributed by atoms with van der Waals surface area (Å²) in [7, 11) is 0. The minimum atomic E-state index is -1.32. The van der Waals surface area contributed by atoms with Crippen LogP contribution in [0, 0.1) is 0 Å². The zero-order valence-corrected chi connectivity index (χ0v) is 11.0. The van der Waals surface area contributed by atoms with Gasteiger partial charge >= 0.3 is 12.0 Å². The van der Waals surface area contributed by atoms with Crippen molar-refractivity contribution in [2.75, 3.05) is 6.61 Å². The third-order valence-electron chi connectivity index (χ3n) is 2.50. The number of rotatable bonds is 5. The van der Waals surface area contributed by atoms with Gasteiger partial charge in [-0.1, -0.05) is 23.7 Å². The Bertz CT molecular complexity index is 450. The van der Waals surface area contributed by atoms with Gasteiger partial charge in [0, 0.05) is 5.02 Å². The van der Waals surface area contributed by atoms with Crippen LogP contribution in [0.25, 0.3) is 0 Å². The normalized spacial score (nSPS) is 13.4. The van der Waals surface area contributed by atoms with Crippen LogP contribution in [-0.2, 0) is 4.79 Å². The highest BCUT2D eigenvalue weighted by Gasteiger charge is 2.19. The van der Waals surface area contributed by atoms with Gasteiger partial charge in [0.05, 0.1) is 12.6 Å². The van der Waals surface area contributed by atoms with E-state index < -0.39 is 24.6 Å². The molecule has 2 unspecified atom stereocenters. The summed E-state index contributed by atoms with van der Waals surface area (Å²) in [4.78, 5) is 22.2. The molecule has 0 aromatic heterocycles. The minimum Gasteiger partial charge on any atom is -0.480 e. The highest BCUT2D eigenvalue weighted by Crippen LogP contribution is 2.15. The van der Waals surface area contributed by atoms with Gasteiger partial charge in [0.2, 0.25) is 0 Å². The van der Waals surface area contributed by atoms with Crippen LogP contribution in [0.3, 0.4) is 0 Å². The first-order valence-corrected chi connectivity index (χ1v) is 5.98. The molecule has 0 saturated heterocycles. The molecule has 0 bridgehead atoms. The zero-order chi connectivity index (χ0) is 14.4. The number of amides is 2. The van der Waals surface area contributed by atoms with Gasteiger partial charge in [-0.15, -0.1) is 0 Å². The average molecular weight is 287 g/mol. The van der Waals surface area contributed by atoms with Crippen molar-refractivity contribution >= 4 is 23.6 Å². The van der Waals surface area contributed by atoms with E-state index in [0.29, 0.717) is 5.02 Å². The van der Waals surface area contributed by atoms with E-state index in [-0.39, 0.29) is 6.04 Å². The van der Waals surface area contributed by atoms with Crippen molar-refractivity contribution in [2.24, 2.45) is 0 Å². The second-order valence-corrected chi connectivity index (χ2v) is 4.40. The highest BCUT2D eigenvalue weighted by molar-refractivity contribution is 6.30. The van der Waals surface area contributed by atoms with E-state index in [1.54, 1.807) is 31.2 Å². The number of nitrogens with one attached hydrogen (secondary N) is 2. The molecule has 1 rings (SSSR count). The summed E-state index contributed by atoms with van der Waals surface area (Å²) in [6, 6.07) is 4.61. The fourth-order valence-corrected chi connectivity index (χ4v) is 1.54. The molecule has 2 amide bonds. The number of aliphatic hydroxyl groups is 1. The number of urea groups is 1. The number of hydrogen-bond donors (Lipinski definition) is 4. The first-order valence-electron chi connectivity index (χ1n) is 5.60. The molecule has 0 aliphatic carbocycles. The third-order valence-corrected chi connectivity index (χ3v) is 2.76. The van der Waals surface area contributed by atoms with Crippen molar-refractivity contribution in [3.05, 3.63) is 34.9 Å². The number of carboxylic acid groups (broad SMARTS) is 1. The van der Waals surface area contributed by atoms with E-state index in [2.05, 4.69) is 10.6 Å². The molecule has 1 aromatic carbocycles. The summed E-state index contributed by atoms with van der Waals surface area (Å²) in [6.45, 7) is 1.08. The lowest BCUT2D eigenvalue weighted by Crippen LogP contribution is -2.48. The average Bonchev–Trinajstić information content (AvgIpc) is 2.36. The summed E-state index contributed by atoms with van der Waals surface area (Å²) in [5.74, 6) is -1.29. The van der Waals surface area contributed by atoms with Crippen LogP contribution in [0.15, 0.2) is 24.3 Å². The molecule has 0 radical (unpaired) electrons. The lowest BCUT2D eigenvalue weighted by Gasteiger charge is -2.17. The smallest absolute Gasteiger partial charge is 0.328 e. The maximum absolute atomic E-state index is 11.5. The number of carboxylic acids is 1. The van der Waals surface area contributed by atoms with E-state index in [9.17, 15) is 9.59 Å². The molecule has 6 nitrogen and oxygen atoms in total. The fourth-order valence-electron chi connectivity index (χ4n) is 1.42. The van der Waals surface area contributed by atoms with Crippen molar-refractivity contribution in [1.29, 1.82) is 0 Å². The molecular weight excluding hydrogens is 272 g/mol. The lowest BCUT2D eigenvalue weighted by atomic mass is 10.1. The Morgan fingerprint density at radius 3 is 2.32 bits per heavy atom. The molecule has 0 aliphatic heterocycles. The number of carbonyl (C=O) groups is 2. The SMILES string of the molecule is CC(NC(=O)NC(CO)C(=O)O)c1ccc(Cl)cc1. The van der Waals surface area contributed by atoms with Crippen LogP contribution in [-0.4, -0.2) is 34.9 Å². The molecule has 0 heterocycles. The standard InChI is InChI=1S/C12H15ClN2O4/c1-7(8-2-4-9(13)5-3-8)14-12(19)15-10(6-16)11(17)18/h2-5,7,10,16H,6H2,1H3,(H,17,18)(H2,14,15,19). The first-order chi connectivity index (χ1) is 8.93. The zero-order valence-electron chi connectivity index (χ0n) is 10.3. The Hall–Kier alpha value is -1.79. The number of hydrogen-bond acceptors (Lipinski definition) is 3. The number of aliphatic carboxylic acids is 1. The fraction of sp³-hybridized carbons (Fsp3) is 0.333. The second kappa shape index (κ2) is 6.96. The van der Waals surface area contributed by atoms with Crippen molar-refractivity contribution in [1.82, 2.24) is 10.6 Å². The monoisotopic (exact) mass is 286 g/mol. The third kappa shape index (κ3) is 4.76. The first kappa shape index (κ1) is 15.3. The van der Waals surface area contributed by atoms with Gasteiger partial charge in [0.15, 0.2) is 6.04 Å². The molecule has 7 heteroatoms. The molecule has 104 valence electrons. The molecular formula is C12H15ClN2O4. The second-order valence-electron chi connectivity index (χ2n) is 3.96. The van der Waals surface area contributed by atoms with Crippen molar-refractivity contribution in [3.63, 3.8) is 0 Å². The molecule has 19 heavy (non-hydrogen) atoms. The molecule has 0 saturated carbocycles. The Morgan fingerprint density at radius 2 is 1.84 bits per heavy atom. The highest BCUT2D eigenvalue weighted by atomic mass is 35.5. The van der Waals surface area contributed by atoms with Crippen molar-refractivity contribution in [2.45, 2.75) is 19.0 Å². The van der Waals surface area contributed by atoms with Crippen LogP contribution in [0.2, 0.25) is 5.02 Å². The van der Waals surface area contributed by atoms with Crippen LogP contribution >= 0.6 is 11.6 Å². The van der Waals surface area contributed by atoms with Crippen LogP contribution < -0.4 is 10.6 Å². The van der Waals surface area contributed by atoms with Gasteiger partial charge in [-0.25, -0.2) is 9.59 Å². The van der Waals surface area contributed by atoms with E-state index in [4.69, 9.17) is 21.8 Å². The molecule has 2 atom stereocenters. The Morgan fingerprint density at radius 1 is 1.26 bits per heavy atom. The number of aliphatic hydroxyl groups excluding tert-OH is 1. The number of benzene rings is 1. The predicted molar refractivity (Wildman–Crippen MR) is 70.0 cm³/mol. The topological polar surface area (TPSA) is 98.7 Å². The summed E-state index contributed by atoms with van der Waals surface area (Å²) in [5, 5.41) is 22.8. The summed E-state index contributed by atoms with van der Waals surface area (Å²) in [6.07, 6.45) is 0. The van der Waals surface area contributed by atoms with E-state index in [1.807, 2.05) is 0 Å². The van der Waals surface area contributed by atoms with Crippen LogP contribution in [0.1, 0.15) is 18.5 Å². The lowest BCUT2D eigenvalue weighted by molar-refractivity contribution is -0.140. The molecule has 0 fully saturated rings. The van der Waals surface area contributed by atoms with Gasteiger partial charge in [-0.2, -0.15) is 0 Å². The number of halogens is 1. The summed E-state index contributed by atoms with van der Waals surface area (Å²) in [5.41, 5.74) is 0.829. The van der Waals surface area contributed by atoms with Gasteiger partial charge in [0.1, 0.15) is 0 Å². The molecule has 0 spiro atoms. The molecule has 0 aliphatic rings. The quantitative estimate of drug-likeness (QED) is 0.652. The van der Waals surface area contributed by atoms with Gasteiger partial charge in [0.25, 0.3) is 0 Å². The summed E-state index contributed by atoms with van der Waals surface area (Å²) < 4.78 is 0. The molecule has 4 N–H and O–H groups in total. The Balaban J connectivity index is 2.56. The Kier molecular flexibility index (Phi) is 5.59. The number of carbonyl (C=O) groups excluding carboxylic acids is 1. The van der Waals surface area contributed by atoms with Gasteiger partial charge in [-0.3, -0.25) is 0 Å². The molecule has 1 aromatic rings. The predicted octanol–water partition coefficient (Wildman–Crippen LogP) is 1.15.